The van der Waals surface area contributed by atoms with E-state index in [-0.39, 0.29) is 17.7 Å². The van der Waals surface area contributed by atoms with Gasteiger partial charge in [-0.2, -0.15) is 5.10 Å². The van der Waals surface area contributed by atoms with Crippen LogP contribution in [0.1, 0.15) is 25.8 Å². The summed E-state index contributed by atoms with van der Waals surface area (Å²) in [6.07, 6.45) is 4.86. The molecule has 0 unspecified atom stereocenters. The maximum atomic E-state index is 13.9. The number of rotatable bonds is 8. The van der Waals surface area contributed by atoms with Crippen LogP contribution in [0.3, 0.4) is 0 Å². The van der Waals surface area contributed by atoms with Gasteiger partial charge in [0.05, 0.1) is 16.6 Å². The Balaban J connectivity index is 1.77. The third kappa shape index (κ3) is 4.68. The SMILES string of the molecule is CC(C)Cn1cc(-c2cccc(S(=O)(=O)n3cc(CCC(=O)O)c4cc(F)ccc43)c2)cn1. The molecule has 0 atom stereocenters. The summed E-state index contributed by atoms with van der Waals surface area (Å²) < 4.78 is 43.9. The zero-order chi connectivity index (χ0) is 23.8. The molecule has 4 rings (SSSR count). The molecule has 0 aliphatic heterocycles. The Bertz CT molecular complexity index is 1440. The molecular weight excluding hydrogens is 445 g/mol. The minimum Gasteiger partial charge on any atom is -0.481 e. The first-order chi connectivity index (χ1) is 15.6. The number of carboxylic acids is 1. The molecule has 0 fully saturated rings. The Hall–Kier alpha value is -3.46. The lowest BCUT2D eigenvalue weighted by molar-refractivity contribution is -0.136. The second-order valence-corrected chi connectivity index (χ2v) is 10.2. The molecule has 7 nitrogen and oxygen atoms in total. The van der Waals surface area contributed by atoms with Crippen molar-refractivity contribution >= 4 is 26.9 Å². The van der Waals surface area contributed by atoms with Crippen molar-refractivity contribution in [2.45, 2.75) is 38.1 Å². The number of hydrogen-bond donors (Lipinski definition) is 1. The molecule has 1 N–H and O–H groups in total. The number of benzene rings is 2. The monoisotopic (exact) mass is 469 g/mol. The molecule has 2 aromatic carbocycles. The summed E-state index contributed by atoms with van der Waals surface area (Å²) in [6, 6.07) is 10.4. The molecule has 2 aromatic heterocycles. The lowest BCUT2D eigenvalue weighted by Crippen LogP contribution is -2.12. The Kier molecular flexibility index (Phi) is 6.07. The summed E-state index contributed by atoms with van der Waals surface area (Å²) >= 11 is 0. The predicted molar refractivity (Wildman–Crippen MR) is 123 cm³/mol. The van der Waals surface area contributed by atoms with Gasteiger partial charge in [0.2, 0.25) is 0 Å². The van der Waals surface area contributed by atoms with Gasteiger partial charge in [0, 0.05) is 36.3 Å². The van der Waals surface area contributed by atoms with Crippen molar-refractivity contribution < 1.29 is 22.7 Å². The van der Waals surface area contributed by atoms with E-state index in [0.717, 1.165) is 16.1 Å². The number of carboxylic acid groups (broad SMARTS) is 1. The van der Waals surface area contributed by atoms with Gasteiger partial charge in [-0.15, -0.1) is 0 Å². The molecule has 0 bridgehead atoms. The van der Waals surface area contributed by atoms with Gasteiger partial charge in [0.25, 0.3) is 10.0 Å². The highest BCUT2D eigenvalue weighted by molar-refractivity contribution is 7.90. The van der Waals surface area contributed by atoms with Gasteiger partial charge < -0.3 is 5.11 Å². The Morgan fingerprint density at radius 2 is 1.91 bits per heavy atom. The maximum absolute atomic E-state index is 13.9. The first kappa shape index (κ1) is 22.7. The standard InChI is InChI=1S/C24H24FN3O4S/c1-16(2)13-27-14-19(12-26-27)17-4-3-5-21(10-17)33(31,32)28-15-18(6-9-24(29)30)22-11-20(25)7-8-23(22)28/h3-5,7-8,10-12,14-16H,6,9,13H2,1-2H3,(H,29,30). The molecular formula is C24H24FN3O4S. The van der Waals surface area contributed by atoms with E-state index in [1.54, 1.807) is 18.3 Å². The fourth-order valence-electron chi connectivity index (χ4n) is 3.81. The normalized spacial score (nSPS) is 12.0. The largest absolute Gasteiger partial charge is 0.481 e. The Morgan fingerprint density at radius 1 is 1.12 bits per heavy atom. The molecule has 172 valence electrons. The van der Waals surface area contributed by atoms with Crippen molar-refractivity contribution in [3.63, 3.8) is 0 Å². The van der Waals surface area contributed by atoms with Crippen LogP contribution in [0.4, 0.5) is 4.39 Å². The fourth-order valence-corrected chi connectivity index (χ4v) is 5.25. The minimum atomic E-state index is -4.02. The Labute approximate surface area is 191 Å². The maximum Gasteiger partial charge on any atom is 0.303 e. The molecule has 2 heterocycles. The second-order valence-electron chi connectivity index (χ2n) is 8.38. The van der Waals surface area contributed by atoms with E-state index in [4.69, 9.17) is 5.11 Å². The lowest BCUT2D eigenvalue weighted by atomic mass is 10.1. The van der Waals surface area contributed by atoms with Crippen molar-refractivity contribution in [3.05, 3.63) is 72.4 Å². The summed E-state index contributed by atoms with van der Waals surface area (Å²) in [6.45, 7) is 4.93. The average Bonchev–Trinajstić information content (AvgIpc) is 3.36. The van der Waals surface area contributed by atoms with Gasteiger partial charge in [-0.1, -0.05) is 26.0 Å². The third-order valence-corrected chi connectivity index (χ3v) is 7.00. The Morgan fingerprint density at radius 3 is 2.64 bits per heavy atom. The van der Waals surface area contributed by atoms with Gasteiger partial charge >= 0.3 is 5.97 Å². The number of nitrogens with zero attached hydrogens (tertiary/aromatic N) is 3. The number of fused-ring (bicyclic) bond motifs is 1. The van der Waals surface area contributed by atoms with Crippen molar-refractivity contribution in [2.75, 3.05) is 0 Å². The van der Waals surface area contributed by atoms with Crippen LogP contribution in [-0.2, 0) is 27.8 Å². The highest BCUT2D eigenvalue weighted by Gasteiger charge is 2.22. The second kappa shape index (κ2) is 8.82. The first-order valence-corrected chi connectivity index (χ1v) is 12.0. The molecule has 0 saturated carbocycles. The molecule has 0 aliphatic rings. The first-order valence-electron chi connectivity index (χ1n) is 10.5. The zero-order valence-electron chi connectivity index (χ0n) is 18.3. The van der Waals surface area contributed by atoms with Crippen molar-refractivity contribution in [1.82, 2.24) is 13.8 Å². The van der Waals surface area contributed by atoms with E-state index < -0.39 is 21.8 Å². The van der Waals surface area contributed by atoms with Crippen LogP contribution in [0.2, 0.25) is 0 Å². The van der Waals surface area contributed by atoms with Crippen LogP contribution in [0.25, 0.3) is 22.0 Å². The summed E-state index contributed by atoms with van der Waals surface area (Å²) in [5, 5.41) is 13.8. The zero-order valence-corrected chi connectivity index (χ0v) is 19.1. The smallest absolute Gasteiger partial charge is 0.303 e. The number of aliphatic carboxylic acids is 1. The summed E-state index contributed by atoms with van der Waals surface area (Å²) in [4.78, 5) is 11.1. The lowest BCUT2D eigenvalue weighted by Gasteiger charge is -2.09. The van der Waals surface area contributed by atoms with Gasteiger partial charge in [-0.3, -0.25) is 9.48 Å². The van der Waals surface area contributed by atoms with Crippen molar-refractivity contribution in [2.24, 2.45) is 5.92 Å². The molecule has 0 aliphatic carbocycles. The van der Waals surface area contributed by atoms with Gasteiger partial charge in [0.15, 0.2) is 0 Å². The molecule has 0 spiro atoms. The number of aromatic nitrogens is 3. The predicted octanol–water partition coefficient (Wildman–Crippen LogP) is 4.55. The van der Waals surface area contributed by atoms with E-state index in [2.05, 4.69) is 18.9 Å². The van der Waals surface area contributed by atoms with Crippen molar-refractivity contribution in [3.8, 4) is 11.1 Å². The van der Waals surface area contributed by atoms with Crippen LogP contribution >= 0.6 is 0 Å². The third-order valence-electron chi connectivity index (χ3n) is 5.33. The topological polar surface area (TPSA) is 94.2 Å². The van der Waals surface area contributed by atoms with E-state index in [9.17, 15) is 17.6 Å². The van der Waals surface area contributed by atoms with E-state index >= 15 is 0 Å². The summed E-state index contributed by atoms with van der Waals surface area (Å²) in [5.74, 6) is -1.11. The quantitative estimate of drug-likeness (QED) is 0.408. The van der Waals surface area contributed by atoms with E-state index in [1.165, 1.54) is 30.5 Å². The molecule has 33 heavy (non-hydrogen) atoms. The van der Waals surface area contributed by atoms with Gasteiger partial charge in [-0.05, 0) is 53.8 Å². The van der Waals surface area contributed by atoms with Crippen LogP contribution in [-0.4, -0.2) is 33.2 Å². The minimum absolute atomic E-state index is 0.0719. The summed E-state index contributed by atoms with van der Waals surface area (Å²) in [7, 11) is -4.02. The van der Waals surface area contributed by atoms with Crippen molar-refractivity contribution in [1.29, 1.82) is 0 Å². The van der Waals surface area contributed by atoms with Crippen LogP contribution in [0, 0.1) is 11.7 Å². The molecule has 4 aromatic rings. The molecule has 0 saturated heterocycles. The molecule has 9 heteroatoms. The van der Waals surface area contributed by atoms with Gasteiger partial charge in [-0.25, -0.2) is 16.8 Å². The molecule has 0 amide bonds. The van der Waals surface area contributed by atoms with Crippen LogP contribution < -0.4 is 0 Å². The summed E-state index contributed by atoms with van der Waals surface area (Å²) in [5.41, 5.74) is 2.27. The van der Waals surface area contributed by atoms with Crippen LogP contribution in [0.15, 0.2) is 66.0 Å². The average molecular weight is 470 g/mol. The highest BCUT2D eigenvalue weighted by Crippen LogP contribution is 2.29. The highest BCUT2D eigenvalue weighted by atomic mass is 32.2. The van der Waals surface area contributed by atoms with Crippen LogP contribution in [0.5, 0.6) is 0 Å². The number of carbonyl (C=O) groups is 1. The number of aryl methyl sites for hydroxylation is 1. The van der Waals surface area contributed by atoms with Gasteiger partial charge in [0.1, 0.15) is 5.82 Å². The van der Waals surface area contributed by atoms with E-state index in [0.29, 0.717) is 27.9 Å². The fraction of sp³-hybridized carbons (Fsp3) is 0.250. The van der Waals surface area contributed by atoms with E-state index in [1.807, 2.05) is 16.9 Å². The number of hydrogen-bond acceptors (Lipinski definition) is 4. The number of halogens is 1. The molecule has 0 radical (unpaired) electrons.